The van der Waals surface area contributed by atoms with Gasteiger partial charge in [0.05, 0.1) is 4.90 Å². The average molecular weight is 428 g/mol. The van der Waals surface area contributed by atoms with Gasteiger partial charge in [-0.25, -0.2) is 0 Å². The van der Waals surface area contributed by atoms with E-state index in [1.165, 1.54) is 12.1 Å². The number of oxime groups is 1. The second-order valence-corrected chi connectivity index (χ2v) is 9.04. The highest BCUT2D eigenvalue weighted by Gasteiger charge is 2.22. The van der Waals surface area contributed by atoms with E-state index in [1.807, 2.05) is 31.2 Å². The molecule has 0 saturated heterocycles. The fourth-order valence-electron chi connectivity index (χ4n) is 2.67. The van der Waals surface area contributed by atoms with Crippen molar-refractivity contribution in [2.75, 3.05) is 0 Å². The van der Waals surface area contributed by atoms with Crippen LogP contribution < -0.4 is 0 Å². The van der Waals surface area contributed by atoms with Crippen molar-refractivity contribution in [3.8, 4) is 0 Å². The van der Waals surface area contributed by atoms with Gasteiger partial charge in [0.25, 0.3) is 10.1 Å². The maximum atomic E-state index is 12.3. The molecule has 0 unspecified atom stereocenters. The summed E-state index contributed by atoms with van der Waals surface area (Å²) in [7, 11) is -4.02. The Hall–Kier alpha value is -3.03. The Kier molecular flexibility index (Phi) is 7.48. The molecule has 6 nitrogen and oxygen atoms in total. The highest BCUT2D eigenvalue weighted by atomic mass is 32.2. The second kappa shape index (κ2) is 9.65. The van der Waals surface area contributed by atoms with Gasteiger partial charge in [-0.05, 0) is 30.9 Å². The summed E-state index contributed by atoms with van der Waals surface area (Å²) in [6.07, 6.45) is 6.64. The van der Waals surface area contributed by atoms with E-state index in [2.05, 4.69) is 19.0 Å². The van der Waals surface area contributed by atoms with Crippen LogP contribution in [0.2, 0.25) is 0 Å². The van der Waals surface area contributed by atoms with Gasteiger partial charge >= 0.3 is 0 Å². The smallest absolute Gasteiger partial charge is 0.294 e. The Morgan fingerprint density at radius 3 is 2.10 bits per heavy atom. The van der Waals surface area contributed by atoms with Crippen LogP contribution in [0.15, 0.2) is 88.4 Å². The van der Waals surface area contributed by atoms with E-state index >= 15 is 0 Å². The Bertz CT molecular complexity index is 1080. The van der Waals surface area contributed by atoms with Crippen LogP contribution in [0.1, 0.15) is 36.2 Å². The van der Waals surface area contributed by atoms with Gasteiger partial charge in [-0.2, -0.15) is 8.42 Å². The third-order valence-electron chi connectivity index (χ3n) is 4.51. The molecule has 2 aromatic rings. The summed E-state index contributed by atoms with van der Waals surface area (Å²) in [6.45, 7) is 6.07. The molecule has 0 spiro atoms. The van der Waals surface area contributed by atoms with Crippen LogP contribution in [-0.2, 0) is 10.1 Å². The summed E-state index contributed by atoms with van der Waals surface area (Å²) in [5, 5.41) is 12.3. The number of carbonyl (C=O) groups excluding carboxylic acids is 1. The van der Waals surface area contributed by atoms with E-state index in [1.54, 1.807) is 36.4 Å². The van der Waals surface area contributed by atoms with Crippen molar-refractivity contribution < 1.29 is 23.0 Å². The van der Waals surface area contributed by atoms with E-state index in [9.17, 15) is 13.2 Å². The van der Waals surface area contributed by atoms with Crippen molar-refractivity contribution in [2.45, 2.75) is 32.1 Å². The monoisotopic (exact) mass is 427 g/mol. The molecule has 1 aliphatic rings. The lowest BCUT2D eigenvalue weighted by Gasteiger charge is -2.22. The zero-order valence-electron chi connectivity index (χ0n) is 17.1. The minimum atomic E-state index is -4.02. The standard InChI is InChI=1S/C16H17NO2.C7H8O3S/c1-16(2)10-8-12(9-11-16)14(17-19)15(18)13-6-4-3-5-7-13;1-6-2-4-7(5-3-6)11(8,9)10/h3-10,19H,11H2,1-2H3;2-5H,1H3,(H,8,9,10). The first-order valence-corrected chi connectivity index (χ1v) is 10.7. The zero-order chi connectivity index (χ0) is 22.4. The van der Waals surface area contributed by atoms with Crippen LogP contribution in [0.25, 0.3) is 0 Å². The van der Waals surface area contributed by atoms with Gasteiger partial charge in [0, 0.05) is 11.1 Å². The minimum absolute atomic E-state index is 0.0666. The zero-order valence-corrected chi connectivity index (χ0v) is 17.9. The van der Waals surface area contributed by atoms with E-state index in [0.717, 1.165) is 12.0 Å². The molecule has 0 heterocycles. The lowest BCUT2D eigenvalue weighted by Crippen LogP contribution is -2.19. The number of carbonyl (C=O) groups is 1. The normalized spacial score (nSPS) is 15.6. The summed E-state index contributed by atoms with van der Waals surface area (Å²) in [5.41, 5.74) is 2.33. The van der Waals surface area contributed by atoms with E-state index in [-0.39, 0.29) is 21.8 Å². The largest absolute Gasteiger partial charge is 0.410 e. The predicted octanol–water partition coefficient (Wildman–Crippen LogP) is 4.85. The number of benzene rings is 2. The maximum Gasteiger partial charge on any atom is 0.294 e. The molecule has 1 aliphatic carbocycles. The number of ketones is 1. The summed E-state index contributed by atoms with van der Waals surface area (Å²) < 4.78 is 29.6. The van der Waals surface area contributed by atoms with Crippen LogP contribution in [-0.4, -0.2) is 29.7 Å². The minimum Gasteiger partial charge on any atom is -0.410 e. The molecule has 0 saturated carbocycles. The van der Waals surface area contributed by atoms with Gasteiger partial charge in [-0.1, -0.05) is 85.3 Å². The number of hydrogen-bond donors (Lipinski definition) is 2. The first-order chi connectivity index (χ1) is 14.0. The molecule has 2 N–H and O–H groups in total. The molecule has 0 aromatic heterocycles. The van der Waals surface area contributed by atoms with Crippen LogP contribution in [0.3, 0.4) is 0 Å². The van der Waals surface area contributed by atoms with Crippen molar-refractivity contribution in [1.29, 1.82) is 0 Å². The van der Waals surface area contributed by atoms with Gasteiger partial charge in [-0.15, -0.1) is 0 Å². The van der Waals surface area contributed by atoms with E-state index in [4.69, 9.17) is 9.76 Å². The first-order valence-electron chi connectivity index (χ1n) is 9.29. The molecule has 0 fully saturated rings. The molecule has 0 atom stereocenters. The molecule has 0 radical (unpaired) electrons. The first kappa shape index (κ1) is 23.3. The van der Waals surface area contributed by atoms with E-state index in [0.29, 0.717) is 11.1 Å². The molecule has 3 rings (SSSR count). The maximum absolute atomic E-state index is 12.3. The third-order valence-corrected chi connectivity index (χ3v) is 5.37. The molecule has 0 bridgehead atoms. The quantitative estimate of drug-likeness (QED) is 0.239. The molecule has 7 heteroatoms. The fourth-order valence-corrected chi connectivity index (χ4v) is 3.15. The molecule has 158 valence electrons. The second-order valence-electron chi connectivity index (χ2n) is 7.62. The number of hydrogen-bond acceptors (Lipinski definition) is 5. The highest BCUT2D eigenvalue weighted by molar-refractivity contribution is 7.85. The Morgan fingerprint density at radius 1 is 1.03 bits per heavy atom. The van der Waals surface area contributed by atoms with Gasteiger partial charge in [0.2, 0.25) is 5.78 Å². The molecule has 30 heavy (non-hydrogen) atoms. The lowest BCUT2D eigenvalue weighted by molar-refractivity contribution is 0.106. The Balaban J connectivity index is 0.000000248. The van der Waals surface area contributed by atoms with Gasteiger partial charge in [0.15, 0.2) is 5.71 Å². The van der Waals surface area contributed by atoms with Crippen molar-refractivity contribution >= 4 is 21.6 Å². The topological polar surface area (TPSA) is 104 Å². The van der Waals surface area contributed by atoms with Gasteiger partial charge < -0.3 is 5.21 Å². The molecule has 2 aromatic carbocycles. The molecular formula is C23H25NO5S. The van der Waals surface area contributed by atoms with E-state index < -0.39 is 10.1 Å². The number of allylic oxidation sites excluding steroid dienone is 4. The number of aryl methyl sites for hydroxylation is 1. The highest BCUT2D eigenvalue weighted by Crippen LogP contribution is 2.29. The molecule has 0 aliphatic heterocycles. The summed E-state index contributed by atoms with van der Waals surface area (Å²) in [6, 6.07) is 14.8. The summed E-state index contributed by atoms with van der Waals surface area (Å²) in [4.78, 5) is 12.2. The van der Waals surface area contributed by atoms with Gasteiger partial charge in [-0.3, -0.25) is 9.35 Å². The van der Waals surface area contributed by atoms with Crippen molar-refractivity contribution in [1.82, 2.24) is 0 Å². The number of nitrogens with zero attached hydrogens (tertiary/aromatic N) is 1. The average Bonchev–Trinajstić information content (AvgIpc) is 2.70. The Morgan fingerprint density at radius 2 is 1.63 bits per heavy atom. The van der Waals surface area contributed by atoms with Crippen molar-refractivity contribution in [3.05, 3.63) is 89.5 Å². The van der Waals surface area contributed by atoms with Crippen LogP contribution in [0.4, 0.5) is 0 Å². The van der Waals surface area contributed by atoms with Crippen LogP contribution >= 0.6 is 0 Å². The van der Waals surface area contributed by atoms with Crippen molar-refractivity contribution in [3.63, 3.8) is 0 Å². The number of rotatable bonds is 4. The predicted molar refractivity (Wildman–Crippen MR) is 117 cm³/mol. The summed E-state index contributed by atoms with van der Waals surface area (Å²) >= 11 is 0. The number of Topliss-reactive ketones (excluding diaryl/α,β-unsaturated/α-hetero) is 1. The lowest BCUT2D eigenvalue weighted by atomic mass is 9.82. The fraction of sp³-hybridized carbons (Fsp3) is 0.217. The third kappa shape index (κ3) is 6.50. The molecule has 0 amide bonds. The Labute approximate surface area is 177 Å². The van der Waals surface area contributed by atoms with Crippen LogP contribution in [0, 0.1) is 12.3 Å². The van der Waals surface area contributed by atoms with Crippen LogP contribution in [0.5, 0.6) is 0 Å². The van der Waals surface area contributed by atoms with Gasteiger partial charge in [0.1, 0.15) is 0 Å². The molecular weight excluding hydrogens is 402 g/mol. The summed E-state index contributed by atoms with van der Waals surface area (Å²) in [5.74, 6) is -0.265. The van der Waals surface area contributed by atoms with Crippen molar-refractivity contribution in [2.24, 2.45) is 10.6 Å². The SMILES string of the molecule is CC1(C)C=CC(C(=NO)C(=O)c2ccccc2)=CC1.Cc1ccc(S(=O)(=O)O)cc1.